The number of amides is 3. The molecule has 1 aromatic carbocycles. The number of carbonyl (C=O) groups is 3. The highest BCUT2D eigenvalue weighted by Crippen LogP contribution is 2.24. The number of likely N-dealkylation sites (tertiary alicyclic amines) is 1. The topological polar surface area (TPSA) is 87.7 Å². The Morgan fingerprint density at radius 2 is 1.76 bits per heavy atom. The molecule has 0 unspecified atom stereocenters. The summed E-state index contributed by atoms with van der Waals surface area (Å²) in [6, 6.07) is 4.86. The lowest BCUT2D eigenvalue weighted by atomic mass is 9.96. The van der Waals surface area contributed by atoms with Gasteiger partial charge in [0.2, 0.25) is 5.91 Å². The lowest BCUT2D eigenvalue weighted by molar-refractivity contribution is -0.120. The van der Waals surface area contributed by atoms with Gasteiger partial charge in [-0.05, 0) is 57.7 Å². The normalized spacial score (nSPS) is 15.0. The van der Waals surface area contributed by atoms with Crippen LogP contribution in [0.15, 0.2) is 18.2 Å². The van der Waals surface area contributed by atoms with E-state index in [0.29, 0.717) is 35.2 Å². The maximum atomic E-state index is 12.6. The number of nitrogens with zero attached hydrogens (tertiary/aromatic N) is 1. The minimum absolute atomic E-state index is 0.0763. The van der Waals surface area contributed by atoms with E-state index in [4.69, 9.17) is 27.9 Å². The van der Waals surface area contributed by atoms with Crippen molar-refractivity contribution < 1.29 is 19.1 Å². The summed E-state index contributed by atoms with van der Waals surface area (Å²) in [5.41, 5.74) is -0.0945. The van der Waals surface area contributed by atoms with Gasteiger partial charge in [0.05, 0.1) is 16.6 Å². The van der Waals surface area contributed by atoms with Crippen molar-refractivity contribution >= 4 is 41.1 Å². The molecule has 1 heterocycles. The molecule has 1 aliphatic rings. The SMILES string of the molecule is CC(C)(C)OC(=O)NCC(=O)NCC1CCN(C(=O)c2ccc(Cl)c(Cl)c2)CC1. The summed E-state index contributed by atoms with van der Waals surface area (Å²) in [5, 5.41) is 6.02. The van der Waals surface area contributed by atoms with Gasteiger partial charge in [-0.1, -0.05) is 23.2 Å². The van der Waals surface area contributed by atoms with Crippen LogP contribution < -0.4 is 10.6 Å². The number of halogens is 2. The Morgan fingerprint density at radius 3 is 2.34 bits per heavy atom. The number of nitrogens with one attached hydrogen (secondary N) is 2. The molecule has 2 N–H and O–H groups in total. The standard InChI is InChI=1S/C20H27Cl2N3O4/c1-20(2,3)29-19(28)24-12-17(26)23-11-13-6-8-25(9-7-13)18(27)14-4-5-15(21)16(22)10-14/h4-5,10,13H,6-9,11-12H2,1-3H3,(H,23,26)(H,24,28). The largest absolute Gasteiger partial charge is 0.444 e. The molecule has 0 bridgehead atoms. The average molecular weight is 444 g/mol. The molecular weight excluding hydrogens is 417 g/mol. The van der Waals surface area contributed by atoms with Crippen LogP contribution in [0.4, 0.5) is 4.79 Å². The monoisotopic (exact) mass is 443 g/mol. The maximum Gasteiger partial charge on any atom is 0.408 e. The summed E-state index contributed by atoms with van der Waals surface area (Å²) in [5.74, 6) is -0.0730. The van der Waals surface area contributed by atoms with Crippen molar-refractivity contribution in [1.82, 2.24) is 15.5 Å². The second-order valence-corrected chi connectivity index (χ2v) is 8.84. The van der Waals surface area contributed by atoms with Crippen LogP contribution in [0.2, 0.25) is 10.0 Å². The number of benzene rings is 1. The number of hydrogen-bond acceptors (Lipinski definition) is 4. The highest BCUT2D eigenvalue weighted by molar-refractivity contribution is 6.42. The molecule has 3 amide bonds. The first kappa shape index (κ1) is 23.3. The first-order chi connectivity index (χ1) is 13.5. The molecule has 0 spiro atoms. The molecule has 29 heavy (non-hydrogen) atoms. The fourth-order valence-corrected chi connectivity index (χ4v) is 3.24. The third-order valence-electron chi connectivity index (χ3n) is 4.45. The second kappa shape index (κ2) is 10.2. The zero-order valence-electron chi connectivity index (χ0n) is 16.9. The predicted octanol–water partition coefficient (Wildman–Crippen LogP) is 3.49. The van der Waals surface area contributed by atoms with E-state index in [-0.39, 0.29) is 24.3 Å². The highest BCUT2D eigenvalue weighted by atomic mass is 35.5. The van der Waals surface area contributed by atoms with Gasteiger partial charge in [0.25, 0.3) is 5.91 Å². The van der Waals surface area contributed by atoms with E-state index in [0.717, 1.165) is 12.8 Å². The van der Waals surface area contributed by atoms with Gasteiger partial charge in [0.15, 0.2) is 0 Å². The maximum absolute atomic E-state index is 12.6. The van der Waals surface area contributed by atoms with Gasteiger partial charge in [0.1, 0.15) is 5.60 Å². The zero-order valence-corrected chi connectivity index (χ0v) is 18.4. The van der Waals surface area contributed by atoms with E-state index in [1.165, 1.54) is 0 Å². The predicted molar refractivity (Wildman–Crippen MR) is 112 cm³/mol. The average Bonchev–Trinajstić information content (AvgIpc) is 2.65. The van der Waals surface area contributed by atoms with E-state index in [1.54, 1.807) is 43.9 Å². The fourth-order valence-electron chi connectivity index (χ4n) is 2.94. The molecular formula is C20H27Cl2N3O4. The quantitative estimate of drug-likeness (QED) is 0.728. The van der Waals surface area contributed by atoms with E-state index < -0.39 is 11.7 Å². The summed E-state index contributed by atoms with van der Waals surface area (Å²) >= 11 is 11.9. The van der Waals surface area contributed by atoms with Crippen molar-refractivity contribution in [2.24, 2.45) is 5.92 Å². The van der Waals surface area contributed by atoms with Gasteiger partial charge >= 0.3 is 6.09 Å². The summed E-state index contributed by atoms with van der Waals surface area (Å²) < 4.78 is 5.08. The van der Waals surface area contributed by atoms with Crippen LogP contribution >= 0.6 is 23.2 Å². The lowest BCUT2D eigenvalue weighted by Crippen LogP contribution is -2.44. The fraction of sp³-hybridized carbons (Fsp3) is 0.550. The van der Waals surface area contributed by atoms with Gasteiger partial charge in [-0.2, -0.15) is 0 Å². The van der Waals surface area contributed by atoms with Crippen molar-refractivity contribution in [1.29, 1.82) is 0 Å². The van der Waals surface area contributed by atoms with Crippen LogP contribution in [0.3, 0.4) is 0 Å². The molecule has 1 fully saturated rings. The van der Waals surface area contributed by atoms with Crippen molar-refractivity contribution in [3.63, 3.8) is 0 Å². The minimum Gasteiger partial charge on any atom is -0.444 e. The van der Waals surface area contributed by atoms with Crippen LogP contribution in [-0.2, 0) is 9.53 Å². The first-order valence-corrected chi connectivity index (χ1v) is 10.3. The summed E-state index contributed by atoms with van der Waals surface area (Å²) in [4.78, 5) is 37.8. The number of alkyl carbamates (subject to hydrolysis) is 1. The minimum atomic E-state index is -0.623. The molecule has 9 heteroatoms. The molecule has 0 aromatic heterocycles. The van der Waals surface area contributed by atoms with Gasteiger partial charge in [0, 0.05) is 25.2 Å². The Kier molecular flexibility index (Phi) is 8.16. The summed E-state index contributed by atoms with van der Waals surface area (Å²) in [7, 11) is 0. The molecule has 0 atom stereocenters. The van der Waals surface area contributed by atoms with Gasteiger partial charge in [-0.3, -0.25) is 9.59 Å². The van der Waals surface area contributed by atoms with Crippen LogP contribution in [0.25, 0.3) is 0 Å². The third kappa shape index (κ3) is 7.74. The van der Waals surface area contributed by atoms with Crippen molar-refractivity contribution in [2.45, 2.75) is 39.2 Å². The molecule has 0 saturated carbocycles. The Hall–Kier alpha value is -1.99. The van der Waals surface area contributed by atoms with Gasteiger partial charge in [-0.25, -0.2) is 4.79 Å². The first-order valence-electron chi connectivity index (χ1n) is 9.53. The highest BCUT2D eigenvalue weighted by Gasteiger charge is 2.24. The van der Waals surface area contributed by atoms with Crippen molar-refractivity contribution in [2.75, 3.05) is 26.2 Å². The van der Waals surface area contributed by atoms with E-state index in [2.05, 4.69) is 10.6 Å². The van der Waals surface area contributed by atoms with Crippen molar-refractivity contribution in [3.8, 4) is 0 Å². The molecule has 1 saturated heterocycles. The smallest absolute Gasteiger partial charge is 0.408 e. The van der Waals surface area contributed by atoms with E-state index in [9.17, 15) is 14.4 Å². The Labute approximate surface area is 181 Å². The second-order valence-electron chi connectivity index (χ2n) is 8.02. The molecule has 1 aromatic rings. The Balaban J connectivity index is 1.70. The van der Waals surface area contributed by atoms with Crippen LogP contribution in [0.1, 0.15) is 44.0 Å². The molecule has 7 nitrogen and oxygen atoms in total. The molecule has 2 rings (SSSR count). The van der Waals surface area contributed by atoms with Crippen LogP contribution in [-0.4, -0.2) is 54.6 Å². The molecule has 0 radical (unpaired) electrons. The van der Waals surface area contributed by atoms with Crippen LogP contribution in [0.5, 0.6) is 0 Å². The van der Waals surface area contributed by atoms with E-state index >= 15 is 0 Å². The van der Waals surface area contributed by atoms with Crippen molar-refractivity contribution in [3.05, 3.63) is 33.8 Å². The third-order valence-corrected chi connectivity index (χ3v) is 5.19. The summed E-state index contributed by atoms with van der Waals surface area (Å²) in [6.07, 6.45) is 0.946. The van der Waals surface area contributed by atoms with Gasteiger partial charge < -0.3 is 20.3 Å². The Bertz CT molecular complexity index is 757. The molecule has 160 valence electrons. The number of carbonyl (C=O) groups excluding carboxylic acids is 3. The lowest BCUT2D eigenvalue weighted by Gasteiger charge is -2.32. The summed E-state index contributed by atoms with van der Waals surface area (Å²) in [6.45, 7) is 6.85. The molecule has 1 aliphatic heterocycles. The number of ether oxygens (including phenoxy) is 1. The Morgan fingerprint density at radius 1 is 1.10 bits per heavy atom. The number of hydrogen-bond donors (Lipinski definition) is 2. The number of rotatable bonds is 5. The number of piperidine rings is 1. The zero-order chi connectivity index (χ0) is 21.6. The molecule has 0 aliphatic carbocycles. The van der Waals surface area contributed by atoms with Crippen LogP contribution in [0, 0.1) is 5.92 Å². The van der Waals surface area contributed by atoms with E-state index in [1.807, 2.05) is 0 Å². The van der Waals surface area contributed by atoms with Gasteiger partial charge in [-0.15, -0.1) is 0 Å².